The minimum Gasteiger partial charge on any atom is -0.507 e. The molecule has 7 nitrogen and oxygen atoms in total. The first-order valence-electron chi connectivity index (χ1n) is 9.04. The van der Waals surface area contributed by atoms with Crippen LogP contribution in [0.5, 0.6) is 5.75 Å². The summed E-state index contributed by atoms with van der Waals surface area (Å²) in [6, 6.07) is 4.74. The van der Waals surface area contributed by atoms with Gasteiger partial charge in [0.1, 0.15) is 11.9 Å². The highest BCUT2D eigenvalue weighted by molar-refractivity contribution is 7.17. The van der Waals surface area contributed by atoms with Gasteiger partial charge in [0.25, 0.3) is 5.56 Å². The second kappa shape index (κ2) is 6.39. The van der Waals surface area contributed by atoms with Crippen molar-refractivity contribution in [3.63, 3.8) is 0 Å². The standard InChI is InChI=1S/C19H18FN5O2S/c1-24-8-10-4-12(16(26)5-14(10)23-24)15-6-18(27)25-9-17(28-19(25)22-15)11-2-3-21-7-13(11)20/h4-6,8-9,11,13,21,26H,2-3,7H2,1H3/t11-,13-/m0/s1. The normalized spacial score (nSPS) is 20.2. The monoisotopic (exact) mass is 399 g/mol. The van der Waals surface area contributed by atoms with Crippen LogP contribution in [0.3, 0.4) is 0 Å². The number of rotatable bonds is 2. The van der Waals surface area contributed by atoms with Crippen molar-refractivity contribution in [1.82, 2.24) is 24.5 Å². The summed E-state index contributed by atoms with van der Waals surface area (Å²) >= 11 is 1.33. The maximum Gasteiger partial charge on any atom is 0.259 e. The molecule has 28 heavy (non-hydrogen) atoms. The quantitative estimate of drug-likeness (QED) is 0.541. The average Bonchev–Trinajstić information content (AvgIpc) is 3.23. The van der Waals surface area contributed by atoms with E-state index in [1.54, 1.807) is 30.1 Å². The number of phenols is 1. The van der Waals surface area contributed by atoms with E-state index in [-0.39, 0.29) is 17.2 Å². The molecule has 0 bridgehead atoms. The number of hydrogen-bond donors (Lipinski definition) is 2. The van der Waals surface area contributed by atoms with Gasteiger partial charge in [-0.05, 0) is 19.0 Å². The van der Waals surface area contributed by atoms with Crippen molar-refractivity contribution in [3.8, 4) is 17.0 Å². The van der Waals surface area contributed by atoms with Crippen molar-refractivity contribution in [2.45, 2.75) is 18.5 Å². The predicted molar refractivity (Wildman–Crippen MR) is 106 cm³/mol. The lowest BCUT2D eigenvalue weighted by molar-refractivity contribution is 0.233. The Morgan fingerprint density at radius 1 is 1.32 bits per heavy atom. The summed E-state index contributed by atoms with van der Waals surface area (Å²) in [6.07, 6.45) is 3.25. The highest BCUT2D eigenvalue weighted by Gasteiger charge is 2.28. The zero-order chi connectivity index (χ0) is 19.4. The number of hydrogen-bond acceptors (Lipinski definition) is 6. The maximum absolute atomic E-state index is 14.3. The topological polar surface area (TPSA) is 84.5 Å². The third kappa shape index (κ3) is 2.78. The fourth-order valence-electron chi connectivity index (χ4n) is 3.76. The minimum absolute atomic E-state index is 0.0152. The van der Waals surface area contributed by atoms with Crippen molar-refractivity contribution >= 4 is 27.2 Å². The highest BCUT2D eigenvalue weighted by Crippen LogP contribution is 2.35. The number of benzene rings is 1. The molecule has 3 aromatic heterocycles. The first kappa shape index (κ1) is 17.3. The van der Waals surface area contributed by atoms with E-state index in [9.17, 15) is 14.3 Å². The van der Waals surface area contributed by atoms with Gasteiger partial charge in [-0.3, -0.25) is 13.9 Å². The molecule has 2 atom stereocenters. The highest BCUT2D eigenvalue weighted by atomic mass is 32.1. The predicted octanol–water partition coefficient (Wildman–Crippen LogP) is 2.43. The van der Waals surface area contributed by atoms with E-state index in [0.29, 0.717) is 34.7 Å². The van der Waals surface area contributed by atoms with Crippen LogP contribution < -0.4 is 10.9 Å². The van der Waals surface area contributed by atoms with Crippen LogP contribution in [0.25, 0.3) is 27.1 Å². The summed E-state index contributed by atoms with van der Waals surface area (Å²) in [6.45, 7) is 1.08. The Kier molecular flexibility index (Phi) is 3.95. The molecule has 4 heterocycles. The number of alkyl halides is 1. The number of aryl methyl sites for hydroxylation is 1. The number of piperidine rings is 1. The van der Waals surface area contributed by atoms with E-state index < -0.39 is 6.17 Å². The Balaban J connectivity index is 1.63. The van der Waals surface area contributed by atoms with Gasteiger partial charge < -0.3 is 10.4 Å². The Hall–Kier alpha value is -2.78. The molecular formula is C19H18FN5O2S. The fourth-order valence-corrected chi connectivity index (χ4v) is 4.93. The summed E-state index contributed by atoms with van der Waals surface area (Å²) in [5.41, 5.74) is 1.28. The second-order valence-corrected chi connectivity index (χ2v) is 8.15. The van der Waals surface area contributed by atoms with E-state index in [1.165, 1.54) is 21.8 Å². The third-order valence-electron chi connectivity index (χ3n) is 5.17. The molecule has 1 aliphatic heterocycles. The molecule has 4 aromatic rings. The molecule has 0 radical (unpaired) electrons. The smallest absolute Gasteiger partial charge is 0.259 e. The van der Waals surface area contributed by atoms with Crippen molar-refractivity contribution in [2.24, 2.45) is 7.05 Å². The number of thiazole rings is 1. The van der Waals surface area contributed by atoms with Gasteiger partial charge in [-0.2, -0.15) is 5.10 Å². The van der Waals surface area contributed by atoms with Crippen LogP contribution in [0.15, 0.2) is 35.4 Å². The zero-order valence-electron chi connectivity index (χ0n) is 15.1. The first-order chi connectivity index (χ1) is 13.5. The van der Waals surface area contributed by atoms with Crippen LogP contribution in [0.4, 0.5) is 4.39 Å². The maximum atomic E-state index is 14.3. The average molecular weight is 399 g/mol. The Morgan fingerprint density at radius 2 is 2.18 bits per heavy atom. The molecule has 1 saturated heterocycles. The summed E-state index contributed by atoms with van der Waals surface area (Å²) in [4.78, 5) is 18.5. The van der Waals surface area contributed by atoms with E-state index in [4.69, 9.17) is 0 Å². The van der Waals surface area contributed by atoms with Gasteiger partial charge in [0.2, 0.25) is 0 Å². The molecule has 144 valence electrons. The zero-order valence-corrected chi connectivity index (χ0v) is 15.9. The number of phenolic OH excluding ortho intramolecular Hbond substituents is 1. The Labute approximate surface area is 163 Å². The van der Waals surface area contributed by atoms with Gasteiger partial charge >= 0.3 is 0 Å². The van der Waals surface area contributed by atoms with Crippen LogP contribution in [-0.4, -0.2) is 43.5 Å². The fraction of sp³-hybridized carbons (Fsp3) is 0.316. The molecule has 0 unspecified atom stereocenters. The van der Waals surface area contributed by atoms with Gasteiger partial charge in [0, 0.05) is 59.9 Å². The first-order valence-corrected chi connectivity index (χ1v) is 9.86. The van der Waals surface area contributed by atoms with Crippen LogP contribution in [0.1, 0.15) is 17.2 Å². The van der Waals surface area contributed by atoms with Gasteiger partial charge in [-0.25, -0.2) is 9.37 Å². The lowest BCUT2D eigenvalue weighted by Crippen LogP contribution is -2.36. The van der Waals surface area contributed by atoms with Gasteiger partial charge in [0.15, 0.2) is 4.96 Å². The number of aromatic nitrogens is 4. The molecular weight excluding hydrogens is 381 g/mol. The Bertz CT molecular complexity index is 1260. The molecule has 9 heteroatoms. The molecule has 0 aliphatic carbocycles. The molecule has 5 rings (SSSR count). The number of halogens is 1. The van der Waals surface area contributed by atoms with Crippen molar-refractivity contribution in [3.05, 3.63) is 45.8 Å². The molecule has 0 amide bonds. The van der Waals surface area contributed by atoms with E-state index in [2.05, 4.69) is 15.4 Å². The van der Waals surface area contributed by atoms with E-state index in [0.717, 1.165) is 16.8 Å². The molecule has 1 fully saturated rings. The van der Waals surface area contributed by atoms with E-state index >= 15 is 0 Å². The largest absolute Gasteiger partial charge is 0.507 e. The molecule has 1 aliphatic rings. The van der Waals surface area contributed by atoms with Crippen LogP contribution in [0.2, 0.25) is 0 Å². The number of fused-ring (bicyclic) bond motifs is 2. The molecule has 1 aromatic carbocycles. The summed E-state index contributed by atoms with van der Waals surface area (Å²) < 4.78 is 17.4. The van der Waals surface area contributed by atoms with Crippen LogP contribution in [0, 0.1) is 0 Å². The third-order valence-corrected chi connectivity index (χ3v) is 6.29. The summed E-state index contributed by atoms with van der Waals surface area (Å²) in [7, 11) is 1.81. The molecule has 2 N–H and O–H groups in total. The lowest BCUT2D eigenvalue weighted by Gasteiger charge is -2.25. The van der Waals surface area contributed by atoms with Gasteiger partial charge in [-0.15, -0.1) is 11.3 Å². The lowest BCUT2D eigenvalue weighted by atomic mass is 9.95. The number of aromatic hydroxyl groups is 1. The van der Waals surface area contributed by atoms with Crippen molar-refractivity contribution < 1.29 is 9.50 Å². The number of nitrogens with zero attached hydrogens (tertiary/aromatic N) is 4. The SMILES string of the molecule is Cn1cc2cc(-c3cc(=O)n4cc([C@H]5CCNC[C@@H]5F)sc4n3)c(O)cc2n1. The minimum atomic E-state index is -0.978. The Morgan fingerprint density at radius 3 is 3.00 bits per heavy atom. The molecule has 0 spiro atoms. The van der Waals surface area contributed by atoms with Crippen LogP contribution in [-0.2, 0) is 7.05 Å². The van der Waals surface area contributed by atoms with Crippen molar-refractivity contribution in [2.75, 3.05) is 13.1 Å². The van der Waals surface area contributed by atoms with Gasteiger partial charge in [-0.1, -0.05) is 0 Å². The molecule has 0 saturated carbocycles. The summed E-state index contributed by atoms with van der Waals surface area (Å²) in [5.74, 6) is -0.211. The van der Waals surface area contributed by atoms with Gasteiger partial charge in [0.05, 0.1) is 11.2 Å². The van der Waals surface area contributed by atoms with E-state index in [1.807, 2.05) is 6.20 Å². The second-order valence-electron chi connectivity index (χ2n) is 7.11. The van der Waals surface area contributed by atoms with Crippen LogP contribution >= 0.6 is 11.3 Å². The number of nitrogens with one attached hydrogen (secondary N) is 1. The summed E-state index contributed by atoms with van der Waals surface area (Å²) in [5, 5.41) is 18.6. The van der Waals surface area contributed by atoms with Crippen molar-refractivity contribution in [1.29, 1.82) is 0 Å².